The van der Waals surface area contributed by atoms with Gasteiger partial charge in [0.05, 0.1) is 44.5 Å². The summed E-state index contributed by atoms with van der Waals surface area (Å²) in [5.41, 5.74) is 20.0. The Morgan fingerprint density at radius 3 is 1.43 bits per heavy atom. The van der Waals surface area contributed by atoms with Gasteiger partial charge in [-0.1, -0.05) is 200 Å². The number of hydrogen-bond donors (Lipinski definition) is 0. The quantitative estimate of drug-likeness (QED) is 0.152. The van der Waals surface area contributed by atoms with Crippen molar-refractivity contribution in [2.24, 2.45) is 0 Å². The van der Waals surface area contributed by atoms with Crippen LogP contribution in [0.5, 0.6) is 0 Å². The van der Waals surface area contributed by atoms with E-state index in [1.54, 1.807) is 0 Å². The Kier molecular flexibility index (Phi) is 8.90. The fourth-order valence-electron chi connectivity index (χ4n) is 11.2. The Bertz CT molecular complexity index is 4290. The fourth-order valence-corrected chi connectivity index (χ4v) is 11.2. The molecule has 3 aromatic heterocycles. The number of aromatic nitrogens is 3. The van der Waals surface area contributed by atoms with Crippen molar-refractivity contribution >= 4 is 65.4 Å². The van der Waals surface area contributed by atoms with E-state index in [-0.39, 0.29) is 0 Å². The summed E-state index contributed by atoms with van der Waals surface area (Å²) in [5.74, 6) is 0. The van der Waals surface area contributed by atoms with Crippen LogP contribution in [0.1, 0.15) is 0 Å². The number of nitrogens with zero attached hydrogens (tertiary/aromatic N) is 3. The maximum atomic E-state index is 2.50. The molecule has 0 saturated carbocycles. The van der Waals surface area contributed by atoms with Gasteiger partial charge in [0, 0.05) is 49.1 Å². The molecular formula is C66H43N3. The van der Waals surface area contributed by atoms with E-state index in [4.69, 9.17) is 0 Å². The summed E-state index contributed by atoms with van der Waals surface area (Å²) in [5, 5.41) is 7.40. The van der Waals surface area contributed by atoms with Crippen molar-refractivity contribution < 1.29 is 0 Å². The average Bonchev–Trinajstić information content (AvgIpc) is 4.07. The maximum Gasteiger partial charge on any atom is 0.0641 e. The summed E-state index contributed by atoms with van der Waals surface area (Å²) in [6.07, 6.45) is 0. The second-order valence-electron chi connectivity index (χ2n) is 18.0. The molecule has 0 radical (unpaired) electrons. The third-order valence-corrected chi connectivity index (χ3v) is 14.2. The highest BCUT2D eigenvalue weighted by Crippen LogP contribution is 2.45. The van der Waals surface area contributed by atoms with Crippen LogP contribution >= 0.6 is 0 Å². The first kappa shape index (κ1) is 39.0. The van der Waals surface area contributed by atoms with Crippen molar-refractivity contribution in [2.75, 3.05) is 0 Å². The van der Waals surface area contributed by atoms with Crippen molar-refractivity contribution in [1.82, 2.24) is 13.7 Å². The minimum Gasteiger partial charge on any atom is -0.309 e. The van der Waals surface area contributed by atoms with Crippen molar-refractivity contribution in [3.63, 3.8) is 0 Å². The van der Waals surface area contributed by atoms with E-state index in [0.29, 0.717) is 0 Å². The number of hydrogen-bond acceptors (Lipinski definition) is 0. The fraction of sp³-hybridized carbons (Fsp3) is 0. The first-order chi connectivity index (χ1) is 34.3. The molecule has 0 aliphatic rings. The third kappa shape index (κ3) is 6.14. The number of para-hydroxylation sites is 4. The van der Waals surface area contributed by atoms with Gasteiger partial charge in [-0.25, -0.2) is 0 Å². The van der Waals surface area contributed by atoms with E-state index in [1.807, 2.05) is 0 Å². The summed E-state index contributed by atoms with van der Waals surface area (Å²) in [6, 6.07) is 95.5. The molecule has 3 heteroatoms. The Balaban J connectivity index is 1.01. The Morgan fingerprint density at radius 1 is 0.217 bits per heavy atom. The Morgan fingerprint density at radius 2 is 0.710 bits per heavy atom. The molecular weight excluding hydrogens is 835 g/mol. The Hall–Kier alpha value is -9.18. The van der Waals surface area contributed by atoms with Crippen molar-refractivity contribution in [3.05, 3.63) is 261 Å². The van der Waals surface area contributed by atoms with Crippen molar-refractivity contribution in [2.45, 2.75) is 0 Å². The van der Waals surface area contributed by atoms with E-state index in [2.05, 4.69) is 275 Å². The van der Waals surface area contributed by atoms with Crippen LogP contribution in [-0.4, -0.2) is 13.7 Å². The van der Waals surface area contributed by atoms with Crippen LogP contribution in [0.3, 0.4) is 0 Å². The topological polar surface area (TPSA) is 14.8 Å². The molecule has 0 aliphatic heterocycles. The summed E-state index contributed by atoms with van der Waals surface area (Å²) in [7, 11) is 0. The standard InChI is InChI=1S/C66H43N3/c1-4-19-44(20-5-1)47-25-18-26-50(41-47)67-59-32-15-12-29-53(59)55-38-40-63-65(66(55)67)56-30-13-17-34-61(56)68(63)58-31-14-10-27-51(58)49-35-37-54-52-28-11-16-33-60(52)69(64(54)43-49)62-39-36-48(45-21-6-2-7-22-45)42-57(62)46-23-8-3-9-24-46/h1-43H. The van der Waals surface area contributed by atoms with Gasteiger partial charge in [0.1, 0.15) is 0 Å². The molecule has 0 spiro atoms. The highest BCUT2D eigenvalue weighted by Gasteiger charge is 2.23. The molecule has 0 bridgehead atoms. The maximum absolute atomic E-state index is 2.50. The van der Waals surface area contributed by atoms with E-state index in [9.17, 15) is 0 Å². The molecule has 0 amide bonds. The zero-order chi connectivity index (χ0) is 45.4. The predicted molar refractivity (Wildman–Crippen MR) is 291 cm³/mol. The number of rotatable bonds is 7. The minimum absolute atomic E-state index is 1.14. The van der Waals surface area contributed by atoms with E-state index >= 15 is 0 Å². The molecule has 11 aromatic carbocycles. The van der Waals surface area contributed by atoms with Gasteiger partial charge < -0.3 is 13.7 Å². The average molecular weight is 878 g/mol. The second kappa shape index (κ2) is 15.7. The SMILES string of the molecule is c1ccc(-c2cccc(-n3c4ccccc4c4ccc5c(c6ccccc6n5-c5ccccc5-c5ccc6c7ccccc7n(-c7ccc(-c8ccccc8)cc7-c7ccccc7)c6c5)c43)c2)cc1. The lowest BCUT2D eigenvalue weighted by Gasteiger charge is -2.17. The Labute approximate surface area is 399 Å². The lowest BCUT2D eigenvalue weighted by molar-refractivity contribution is 1.17. The minimum atomic E-state index is 1.14. The molecule has 0 N–H and O–H groups in total. The van der Waals surface area contributed by atoms with Gasteiger partial charge in [-0.2, -0.15) is 0 Å². The third-order valence-electron chi connectivity index (χ3n) is 14.2. The van der Waals surface area contributed by atoms with E-state index in [1.165, 1.54) is 98.8 Å². The molecule has 69 heavy (non-hydrogen) atoms. The summed E-state index contributed by atoms with van der Waals surface area (Å²) < 4.78 is 7.47. The first-order valence-corrected chi connectivity index (χ1v) is 23.8. The molecule has 0 atom stereocenters. The smallest absolute Gasteiger partial charge is 0.0641 e. The van der Waals surface area contributed by atoms with Crippen LogP contribution in [-0.2, 0) is 0 Å². The van der Waals surface area contributed by atoms with E-state index in [0.717, 1.165) is 28.2 Å². The number of fused-ring (bicyclic) bond motifs is 10. The predicted octanol–water partition coefficient (Wildman–Crippen LogP) is 17.6. The van der Waals surface area contributed by atoms with Gasteiger partial charge in [-0.3, -0.25) is 0 Å². The molecule has 0 unspecified atom stereocenters. The molecule has 0 aliphatic carbocycles. The van der Waals surface area contributed by atoms with Crippen LogP contribution in [0.4, 0.5) is 0 Å². The number of benzene rings is 11. The zero-order valence-electron chi connectivity index (χ0n) is 37.7. The summed E-state index contributed by atoms with van der Waals surface area (Å²) in [6.45, 7) is 0. The lowest BCUT2D eigenvalue weighted by Crippen LogP contribution is -1.99. The molecule has 3 nitrogen and oxygen atoms in total. The monoisotopic (exact) mass is 877 g/mol. The summed E-state index contributed by atoms with van der Waals surface area (Å²) in [4.78, 5) is 0. The largest absolute Gasteiger partial charge is 0.309 e. The van der Waals surface area contributed by atoms with Gasteiger partial charge in [0.25, 0.3) is 0 Å². The molecule has 0 fully saturated rings. The van der Waals surface area contributed by atoms with Crippen LogP contribution in [0.2, 0.25) is 0 Å². The van der Waals surface area contributed by atoms with Gasteiger partial charge in [0.2, 0.25) is 0 Å². The highest BCUT2D eigenvalue weighted by atomic mass is 15.0. The highest BCUT2D eigenvalue weighted by molar-refractivity contribution is 6.26. The summed E-state index contributed by atoms with van der Waals surface area (Å²) >= 11 is 0. The molecule has 14 rings (SSSR count). The first-order valence-electron chi connectivity index (χ1n) is 23.8. The van der Waals surface area contributed by atoms with Gasteiger partial charge in [-0.15, -0.1) is 0 Å². The van der Waals surface area contributed by atoms with Gasteiger partial charge in [0.15, 0.2) is 0 Å². The second-order valence-corrected chi connectivity index (χ2v) is 18.0. The molecule has 3 heterocycles. The van der Waals surface area contributed by atoms with Crippen molar-refractivity contribution in [3.8, 4) is 61.6 Å². The lowest BCUT2D eigenvalue weighted by atomic mass is 9.97. The van der Waals surface area contributed by atoms with Gasteiger partial charge >= 0.3 is 0 Å². The zero-order valence-corrected chi connectivity index (χ0v) is 37.7. The molecule has 14 aromatic rings. The van der Waals surface area contributed by atoms with Crippen molar-refractivity contribution in [1.29, 1.82) is 0 Å². The molecule has 0 saturated heterocycles. The van der Waals surface area contributed by atoms with Gasteiger partial charge in [-0.05, 0) is 94.0 Å². The van der Waals surface area contributed by atoms with Crippen LogP contribution in [0.15, 0.2) is 261 Å². The van der Waals surface area contributed by atoms with Crippen LogP contribution in [0.25, 0.3) is 127 Å². The normalized spacial score (nSPS) is 11.8. The van der Waals surface area contributed by atoms with Crippen LogP contribution in [0, 0.1) is 0 Å². The molecule has 322 valence electrons. The van der Waals surface area contributed by atoms with E-state index < -0.39 is 0 Å². The van der Waals surface area contributed by atoms with Crippen LogP contribution < -0.4 is 0 Å².